The molecule has 3 rings (SSSR count). The van der Waals surface area contributed by atoms with Crippen LogP contribution >= 0.6 is 0 Å². The van der Waals surface area contributed by atoms with E-state index in [1.165, 1.54) is 12.1 Å². The molecule has 1 fully saturated rings. The molecule has 0 aromatic heterocycles. The van der Waals surface area contributed by atoms with E-state index in [1.807, 2.05) is 4.90 Å². The van der Waals surface area contributed by atoms with Gasteiger partial charge in [-0.1, -0.05) is 0 Å². The summed E-state index contributed by atoms with van der Waals surface area (Å²) in [6.45, 7) is 2.76. The quantitative estimate of drug-likeness (QED) is 0.161. The van der Waals surface area contributed by atoms with Crippen LogP contribution in [0.25, 0.3) is 0 Å². The second-order valence-electron chi connectivity index (χ2n) is 8.80. The van der Waals surface area contributed by atoms with Crippen LogP contribution in [0.4, 0.5) is 21.5 Å². The van der Waals surface area contributed by atoms with Gasteiger partial charge in [0, 0.05) is 56.9 Å². The van der Waals surface area contributed by atoms with Gasteiger partial charge < -0.3 is 25.5 Å². The molecule has 10 nitrogen and oxygen atoms in total. The van der Waals surface area contributed by atoms with Gasteiger partial charge in [-0.15, -0.1) is 0 Å². The maximum atomic E-state index is 13.2. The van der Waals surface area contributed by atoms with Gasteiger partial charge in [-0.05, 0) is 30.3 Å². The van der Waals surface area contributed by atoms with Gasteiger partial charge >= 0.3 is 11.9 Å². The number of carboxylic acid groups (broad SMARTS) is 1. The van der Waals surface area contributed by atoms with E-state index in [0.29, 0.717) is 54.3 Å². The number of nitriles is 1. The topological polar surface area (TPSA) is 160 Å². The zero-order valence-corrected chi connectivity index (χ0v) is 20.9. The first-order chi connectivity index (χ1) is 18.2. The minimum atomic E-state index is -1.05. The first-order valence-electron chi connectivity index (χ1n) is 12.0. The Morgan fingerprint density at radius 2 is 1.89 bits per heavy atom. The maximum absolute atomic E-state index is 13.2. The van der Waals surface area contributed by atoms with Gasteiger partial charge in [0.25, 0.3) is 5.91 Å². The van der Waals surface area contributed by atoms with Crippen molar-refractivity contribution in [1.29, 1.82) is 10.7 Å². The lowest BCUT2D eigenvalue weighted by Crippen LogP contribution is -2.75. The molecule has 2 aromatic rings. The predicted molar refractivity (Wildman–Crippen MR) is 137 cm³/mol. The van der Waals surface area contributed by atoms with Crippen LogP contribution in [0, 0.1) is 22.6 Å². The van der Waals surface area contributed by atoms with E-state index in [0.717, 1.165) is 6.21 Å². The molecule has 1 aliphatic heterocycles. The monoisotopic (exact) mass is 522 g/mol. The van der Waals surface area contributed by atoms with Crippen molar-refractivity contribution < 1.29 is 33.9 Å². The number of hydrogen-bond acceptors (Lipinski definition) is 7. The van der Waals surface area contributed by atoms with Crippen LogP contribution in [0.1, 0.15) is 38.2 Å². The van der Waals surface area contributed by atoms with Crippen LogP contribution in [0.15, 0.2) is 53.7 Å². The van der Waals surface area contributed by atoms with E-state index in [2.05, 4.69) is 11.4 Å². The van der Waals surface area contributed by atoms with E-state index in [-0.39, 0.29) is 30.3 Å². The molecule has 0 radical (unpaired) electrons. The number of aliphatic carboxylic acids is 1. The van der Waals surface area contributed by atoms with E-state index in [1.54, 1.807) is 42.6 Å². The minimum Gasteiger partial charge on any atom is -0.481 e. The highest BCUT2D eigenvalue weighted by molar-refractivity contribution is 6.17. The number of halogens is 1. The normalized spacial score (nSPS) is 14.2. The zero-order chi connectivity index (χ0) is 27.7. The molecule has 0 saturated carbocycles. The lowest BCUT2D eigenvalue weighted by molar-refractivity contribution is -0.517. The number of carbonyl (C=O) groups excluding carboxylic acids is 2. The number of piperidine rings is 1. The average molecular weight is 523 g/mol. The van der Waals surface area contributed by atoms with Gasteiger partial charge in [0.05, 0.1) is 24.1 Å². The maximum Gasteiger partial charge on any atom is 0.306 e. The highest BCUT2D eigenvalue weighted by Crippen LogP contribution is 2.28. The van der Waals surface area contributed by atoms with Gasteiger partial charge in [0.1, 0.15) is 34.9 Å². The molecule has 38 heavy (non-hydrogen) atoms. The standard InChI is InChI=1S/C27H28FN5O5/c1-17(31-20-4-2-19(28)3-5-20)23(16-30)27(37)32-21-6-7-24(18(14-21)15-29)33-12-10-22(11-13-33)38-26(36)9-8-25(34)35/h2-7,14,16,22,30-31H,8-13H2,1H3,(H,32,37)(H,34,35)/p+1/b23-17+,30-16?. The van der Waals surface area contributed by atoms with Crippen LogP contribution < -0.4 is 15.5 Å². The Bertz CT molecular complexity index is 1280. The van der Waals surface area contributed by atoms with Crippen molar-refractivity contribution in [3.8, 4) is 6.07 Å². The van der Waals surface area contributed by atoms with Gasteiger partial charge in [-0.2, -0.15) is 5.26 Å². The third-order valence-corrected chi connectivity index (χ3v) is 6.07. The number of allylic oxidation sites excluding steroid dienone is 1. The fraction of sp³-hybridized carbons (Fsp3) is 0.296. The number of benzene rings is 2. The van der Waals surface area contributed by atoms with Crippen LogP contribution in [0.3, 0.4) is 0 Å². The Labute approximate surface area is 219 Å². The van der Waals surface area contributed by atoms with Crippen molar-refractivity contribution in [3.05, 3.63) is 65.1 Å². The highest BCUT2D eigenvalue weighted by Gasteiger charge is 2.24. The summed E-state index contributed by atoms with van der Waals surface area (Å²) >= 11 is 0. The van der Waals surface area contributed by atoms with E-state index in [4.69, 9.17) is 15.3 Å². The fourth-order valence-corrected chi connectivity index (χ4v) is 4.09. The lowest BCUT2D eigenvalue weighted by Gasteiger charge is -2.33. The van der Waals surface area contributed by atoms with Crippen molar-refractivity contribution in [2.75, 3.05) is 23.3 Å². The molecule has 198 valence electrons. The Morgan fingerprint density at radius 3 is 2.50 bits per heavy atom. The summed E-state index contributed by atoms with van der Waals surface area (Å²) in [5, 5.41) is 30.5. The third-order valence-electron chi connectivity index (χ3n) is 6.07. The Balaban J connectivity index is 1.63. The van der Waals surface area contributed by atoms with Gasteiger partial charge in [-0.3, -0.25) is 19.7 Å². The largest absolute Gasteiger partial charge is 0.481 e. The summed E-state index contributed by atoms with van der Waals surface area (Å²) < 4.78 is 18.5. The van der Waals surface area contributed by atoms with Crippen molar-refractivity contribution >= 4 is 41.1 Å². The Kier molecular flexibility index (Phi) is 9.67. The first kappa shape index (κ1) is 28.0. The molecule has 1 amide bonds. The van der Waals surface area contributed by atoms with Gasteiger partial charge in [0.15, 0.2) is 0 Å². The molecule has 0 bridgehead atoms. The van der Waals surface area contributed by atoms with Gasteiger partial charge in [-0.25, -0.2) is 4.39 Å². The number of rotatable bonds is 10. The highest BCUT2D eigenvalue weighted by atomic mass is 19.1. The third kappa shape index (κ3) is 7.72. The van der Waals surface area contributed by atoms with Crippen LogP contribution in [-0.2, 0) is 19.1 Å². The smallest absolute Gasteiger partial charge is 0.306 e. The molecule has 5 N–H and O–H groups in total. The molecule has 0 aliphatic carbocycles. The van der Waals surface area contributed by atoms with Crippen LogP contribution in [-0.4, -0.2) is 48.4 Å². The number of hydrogen-bond donors (Lipinski definition) is 4. The lowest BCUT2D eigenvalue weighted by atomic mass is 10.0. The molecule has 1 saturated heterocycles. The predicted octanol–water partition coefficient (Wildman–Crippen LogP) is 2.83. The van der Waals surface area contributed by atoms with Crippen LogP contribution in [0.2, 0.25) is 0 Å². The van der Waals surface area contributed by atoms with Crippen molar-refractivity contribution in [2.45, 2.75) is 38.7 Å². The van der Waals surface area contributed by atoms with Crippen molar-refractivity contribution in [1.82, 2.24) is 0 Å². The van der Waals surface area contributed by atoms with E-state index < -0.39 is 17.8 Å². The number of amides is 1. The number of anilines is 2. The molecule has 0 atom stereocenters. The number of ether oxygens (including phenoxy) is 1. The number of quaternary nitrogens is 1. The van der Waals surface area contributed by atoms with Crippen LogP contribution in [0.5, 0.6) is 0 Å². The summed E-state index contributed by atoms with van der Waals surface area (Å²) in [4.78, 5) is 37.3. The number of nitrogens with zero attached hydrogens (tertiary/aromatic N) is 2. The number of nitrogens with one attached hydrogen (secondary N) is 2. The molecule has 11 heteroatoms. The van der Waals surface area contributed by atoms with Crippen molar-refractivity contribution in [3.63, 3.8) is 0 Å². The summed E-state index contributed by atoms with van der Waals surface area (Å²) in [7, 11) is 0. The van der Waals surface area contributed by atoms with Gasteiger partial charge in [0.2, 0.25) is 0 Å². The molecular formula is C27H29FN5O5+. The summed E-state index contributed by atoms with van der Waals surface area (Å²) in [5.74, 6) is -2.47. The number of carbonyl (C=O) groups is 3. The first-order valence-corrected chi connectivity index (χ1v) is 12.0. The second kappa shape index (κ2) is 13.1. The fourth-order valence-electron chi connectivity index (χ4n) is 4.09. The van der Waals surface area contributed by atoms with E-state index in [9.17, 15) is 24.0 Å². The number of carboxylic acids is 1. The molecule has 2 aromatic carbocycles. The summed E-state index contributed by atoms with van der Waals surface area (Å²) in [6.07, 6.45) is 1.29. The number of esters is 1. The Morgan fingerprint density at radius 1 is 1.21 bits per heavy atom. The SMILES string of the molecule is C/C([NH2+]c1ccc(F)cc1)=C(/C=N)C(=O)Nc1ccc(N2CCC(OC(=O)CCC(=O)O)CC2)c(C#N)c1. The molecular weight excluding hydrogens is 493 g/mol. The van der Waals surface area contributed by atoms with Crippen molar-refractivity contribution in [2.24, 2.45) is 0 Å². The Hall–Kier alpha value is -4.56. The molecule has 1 aliphatic rings. The zero-order valence-electron chi connectivity index (χ0n) is 20.9. The van der Waals surface area contributed by atoms with E-state index >= 15 is 0 Å². The average Bonchev–Trinajstić information content (AvgIpc) is 2.89. The summed E-state index contributed by atoms with van der Waals surface area (Å²) in [5.41, 5.74) is 2.77. The molecule has 0 spiro atoms. The minimum absolute atomic E-state index is 0.122. The summed E-state index contributed by atoms with van der Waals surface area (Å²) in [6, 6.07) is 12.9. The number of nitrogens with two attached hydrogens (primary N) is 1. The molecule has 1 heterocycles. The second-order valence-corrected chi connectivity index (χ2v) is 8.80. The molecule has 0 unspecified atom stereocenters.